The molecule has 19 heavy (non-hydrogen) atoms. The van der Waals surface area contributed by atoms with E-state index in [1.165, 1.54) is 11.1 Å². The lowest BCUT2D eigenvalue weighted by Crippen LogP contribution is -2.03. The molecule has 0 aliphatic carbocycles. The summed E-state index contributed by atoms with van der Waals surface area (Å²) in [5, 5.41) is 0. The summed E-state index contributed by atoms with van der Waals surface area (Å²) < 4.78 is 2.12. The molecule has 3 rings (SSSR count). The first-order valence-electron chi connectivity index (χ1n) is 6.43. The van der Waals surface area contributed by atoms with Crippen molar-refractivity contribution >= 4 is 11.0 Å². The number of nitrogens with zero attached hydrogens (tertiary/aromatic N) is 2. The molecular formula is C16H17N3. The molecule has 0 amide bonds. The largest absolute Gasteiger partial charge is 0.326 e. The number of para-hydroxylation sites is 1. The molecule has 0 aliphatic rings. The second-order valence-corrected chi connectivity index (χ2v) is 4.87. The Balaban J connectivity index is 2.28. The van der Waals surface area contributed by atoms with Crippen LogP contribution in [0.15, 0.2) is 42.7 Å². The molecule has 1 aromatic heterocycles. The summed E-state index contributed by atoms with van der Waals surface area (Å²) in [5.74, 6) is 0. The van der Waals surface area contributed by atoms with Gasteiger partial charge in [0.25, 0.3) is 0 Å². The molecule has 0 fully saturated rings. The normalized spacial score (nSPS) is 11.1. The SMILES string of the molecule is Cc1cc2ncn(-c3ccccc3CN)c2cc1C. The van der Waals surface area contributed by atoms with Gasteiger partial charge >= 0.3 is 0 Å². The molecule has 0 bridgehead atoms. The van der Waals surface area contributed by atoms with Gasteiger partial charge in [-0.05, 0) is 48.7 Å². The van der Waals surface area contributed by atoms with E-state index >= 15 is 0 Å². The van der Waals surface area contributed by atoms with Crippen molar-refractivity contribution in [3.8, 4) is 5.69 Å². The minimum Gasteiger partial charge on any atom is -0.326 e. The Morgan fingerprint density at radius 2 is 1.84 bits per heavy atom. The fourth-order valence-electron chi connectivity index (χ4n) is 2.37. The lowest BCUT2D eigenvalue weighted by Gasteiger charge is -2.10. The summed E-state index contributed by atoms with van der Waals surface area (Å²) in [6.07, 6.45) is 1.87. The summed E-state index contributed by atoms with van der Waals surface area (Å²) in [5.41, 5.74) is 12.8. The molecule has 0 saturated carbocycles. The van der Waals surface area contributed by atoms with Crippen molar-refractivity contribution in [2.75, 3.05) is 0 Å². The fraction of sp³-hybridized carbons (Fsp3) is 0.188. The number of benzene rings is 2. The van der Waals surface area contributed by atoms with Crippen molar-refractivity contribution in [3.05, 3.63) is 59.4 Å². The summed E-state index contributed by atoms with van der Waals surface area (Å²) in [7, 11) is 0. The zero-order chi connectivity index (χ0) is 13.4. The maximum atomic E-state index is 5.82. The first-order chi connectivity index (χ1) is 9.20. The molecule has 0 unspecified atom stereocenters. The van der Waals surface area contributed by atoms with Crippen molar-refractivity contribution in [1.82, 2.24) is 9.55 Å². The van der Waals surface area contributed by atoms with Gasteiger partial charge in [-0.2, -0.15) is 0 Å². The highest BCUT2D eigenvalue weighted by molar-refractivity contribution is 5.79. The van der Waals surface area contributed by atoms with E-state index in [0.29, 0.717) is 6.54 Å². The molecule has 0 spiro atoms. The average molecular weight is 251 g/mol. The van der Waals surface area contributed by atoms with E-state index in [-0.39, 0.29) is 0 Å². The fourth-order valence-corrected chi connectivity index (χ4v) is 2.37. The van der Waals surface area contributed by atoms with Crippen LogP contribution in [0.25, 0.3) is 16.7 Å². The quantitative estimate of drug-likeness (QED) is 0.760. The Labute approximate surface area is 112 Å². The first kappa shape index (κ1) is 11.9. The Bertz CT molecular complexity index is 741. The van der Waals surface area contributed by atoms with E-state index in [1.54, 1.807) is 0 Å². The van der Waals surface area contributed by atoms with Gasteiger partial charge < -0.3 is 5.73 Å². The van der Waals surface area contributed by atoms with E-state index in [1.807, 2.05) is 18.5 Å². The minimum atomic E-state index is 0.528. The van der Waals surface area contributed by atoms with Crippen molar-refractivity contribution in [2.24, 2.45) is 5.73 Å². The summed E-state index contributed by atoms with van der Waals surface area (Å²) >= 11 is 0. The van der Waals surface area contributed by atoms with Crippen molar-refractivity contribution in [1.29, 1.82) is 0 Å². The lowest BCUT2D eigenvalue weighted by atomic mass is 10.1. The van der Waals surface area contributed by atoms with Crippen LogP contribution >= 0.6 is 0 Å². The third kappa shape index (κ3) is 1.92. The van der Waals surface area contributed by atoms with Gasteiger partial charge in [-0.15, -0.1) is 0 Å². The van der Waals surface area contributed by atoms with Crippen LogP contribution in [0.1, 0.15) is 16.7 Å². The summed E-state index contributed by atoms with van der Waals surface area (Å²) in [6.45, 7) is 4.77. The van der Waals surface area contributed by atoms with Crippen LogP contribution in [0, 0.1) is 13.8 Å². The van der Waals surface area contributed by atoms with E-state index in [9.17, 15) is 0 Å². The van der Waals surface area contributed by atoms with Gasteiger partial charge in [0, 0.05) is 6.54 Å². The zero-order valence-corrected chi connectivity index (χ0v) is 11.2. The molecule has 3 nitrogen and oxygen atoms in total. The number of aromatic nitrogens is 2. The van der Waals surface area contributed by atoms with E-state index in [0.717, 1.165) is 22.3 Å². The first-order valence-corrected chi connectivity index (χ1v) is 6.43. The van der Waals surface area contributed by atoms with E-state index in [4.69, 9.17) is 5.73 Å². The number of hydrogen-bond acceptors (Lipinski definition) is 2. The van der Waals surface area contributed by atoms with Gasteiger partial charge in [0.05, 0.1) is 16.7 Å². The van der Waals surface area contributed by atoms with Crippen LogP contribution in [0.5, 0.6) is 0 Å². The molecule has 3 heteroatoms. The monoisotopic (exact) mass is 251 g/mol. The molecule has 0 aliphatic heterocycles. The van der Waals surface area contributed by atoms with Crippen LogP contribution in [0.2, 0.25) is 0 Å². The van der Waals surface area contributed by atoms with Crippen LogP contribution in [-0.4, -0.2) is 9.55 Å². The zero-order valence-electron chi connectivity index (χ0n) is 11.2. The third-order valence-electron chi connectivity index (χ3n) is 3.63. The predicted molar refractivity (Wildman–Crippen MR) is 78.4 cm³/mol. The van der Waals surface area contributed by atoms with Gasteiger partial charge in [-0.3, -0.25) is 4.57 Å². The third-order valence-corrected chi connectivity index (χ3v) is 3.63. The Hall–Kier alpha value is -2.13. The Morgan fingerprint density at radius 1 is 1.11 bits per heavy atom. The maximum absolute atomic E-state index is 5.82. The molecule has 96 valence electrons. The van der Waals surface area contributed by atoms with Gasteiger partial charge in [0.1, 0.15) is 6.33 Å². The van der Waals surface area contributed by atoms with Crippen LogP contribution in [-0.2, 0) is 6.54 Å². The Kier molecular flexibility index (Phi) is 2.84. The molecule has 3 aromatic rings. The molecule has 2 N–H and O–H groups in total. The number of hydrogen-bond donors (Lipinski definition) is 1. The molecule has 2 aromatic carbocycles. The number of aryl methyl sites for hydroxylation is 2. The molecule has 0 saturated heterocycles. The number of rotatable bonds is 2. The van der Waals surface area contributed by atoms with Gasteiger partial charge in [-0.25, -0.2) is 4.98 Å². The van der Waals surface area contributed by atoms with Crippen LogP contribution in [0.3, 0.4) is 0 Å². The standard InChI is InChI=1S/C16H17N3/c1-11-7-14-16(8-12(11)2)19(10-18-14)15-6-4-3-5-13(15)9-17/h3-8,10H,9,17H2,1-2H3. The minimum absolute atomic E-state index is 0.528. The Morgan fingerprint density at radius 3 is 2.63 bits per heavy atom. The highest BCUT2D eigenvalue weighted by atomic mass is 15.1. The smallest absolute Gasteiger partial charge is 0.100 e. The van der Waals surface area contributed by atoms with Crippen molar-refractivity contribution in [2.45, 2.75) is 20.4 Å². The predicted octanol–water partition coefficient (Wildman–Crippen LogP) is 3.10. The lowest BCUT2D eigenvalue weighted by molar-refractivity contribution is 1.000. The van der Waals surface area contributed by atoms with E-state index in [2.05, 4.69) is 47.7 Å². The van der Waals surface area contributed by atoms with Crippen molar-refractivity contribution in [3.63, 3.8) is 0 Å². The van der Waals surface area contributed by atoms with E-state index < -0.39 is 0 Å². The molecular weight excluding hydrogens is 234 g/mol. The van der Waals surface area contributed by atoms with Crippen molar-refractivity contribution < 1.29 is 0 Å². The molecule has 0 atom stereocenters. The van der Waals surface area contributed by atoms with Crippen LogP contribution < -0.4 is 5.73 Å². The topological polar surface area (TPSA) is 43.8 Å². The molecule has 0 radical (unpaired) electrons. The summed E-state index contributed by atoms with van der Waals surface area (Å²) in [4.78, 5) is 4.49. The van der Waals surface area contributed by atoms with Gasteiger partial charge in [-0.1, -0.05) is 18.2 Å². The highest BCUT2D eigenvalue weighted by Gasteiger charge is 2.09. The molecule has 1 heterocycles. The average Bonchev–Trinajstić information content (AvgIpc) is 2.82. The van der Waals surface area contributed by atoms with Gasteiger partial charge in [0.2, 0.25) is 0 Å². The number of fused-ring (bicyclic) bond motifs is 1. The second-order valence-electron chi connectivity index (χ2n) is 4.87. The summed E-state index contributed by atoms with van der Waals surface area (Å²) in [6, 6.07) is 12.5. The maximum Gasteiger partial charge on any atom is 0.100 e. The van der Waals surface area contributed by atoms with Crippen LogP contribution in [0.4, 0.5) is 0 Å². The highest BCUT2D eigenvalue weighted by Crippen LogP contribution is 2.23. The number of nitrogens with two attached hydrogens (primary N) is 1. The van der Waals surface area contributed by atoms with Gasteiger partial charge in [0.15, 0.2) is 0 Å². The second kappa shape index (κ2) is 4.52. The number of imidazole rings is 1.